The van der Waals surface area contributed by atoms with Crippen LogP contribution in [0.4, 0.5) is 20.4 Å². The van der Waals surface area contributed by atoms with E-state index in [1.807, 2.05) is 44.2 Å². The number of nitrogen functional groups attached to an aromatic ring is 1. The van der Waals surface area contributed by atoms with Crippen molar-refractivity contribution in [2.75, 3.05) is 11.1 Å². The summed E-state index contributed by atoms with van der Waals surface area (Å²) in [4.78, 5) is 26.6. The second kappa shape index (κ2) is 20.5. The van der Waals surface area contributed by atoms with E-state index in [9.17, 15) is 23.8 Å². The molecule has 0 aliphatic rings. The topological polar surface area (TPSA) is 147 Å². The molecular formula is C44H34Cl4F2N6O3. The summed E-state index contributed by atoms with van der Waals surface area (Å²) < 4.78 is 25.9. The molecule has 1 atom stereocenters. The maximum absolute atomic E-state index is 13.6. The standard InChI is InChI=1S/C22H16Cl2FN3O.C9H7NO.C7H4ClFO.C6H7ClN2/c1-12-9-14(23)11-27-22(12)28-20(16-7-5-15(25)10-18(16)24)17-6-4-13-3-2-8-26-19(13)21(17)29;11-8-5-1-3-7-4-2-6-10-9(7)8;8-7-3-6(9)2-1-5(7)4-10;1-4-2-5(7)3-9-6(4)8/h2-11,20,29H,1H3,(H,27,28);1-6,11H;1-4H;2-3H,1H3,(H2,8,9). The Morgan fingerprint density at radius 3 is 1.83 bits per heavy atom. The van der Waals surface area contributed by atoms with Crippen LogP contribution in [0.25, 0.3) is 21.8 Å². The Kier molecular flexibility index (Phi) is 15.3. The molecule has 0 aliphatic carbocycles. The third-order valence-electron chi connectivity index (χ3n) is 8.48. The number of aromatic nitrogens is 4. The first kappa shape index (κ1) is 44.0. The maximum Gasteiger partial charge on any atom is 0.151 e. The number of fused-ring (bicyclic) bond motifs is 2. The van der Waals surface area contributed by atoms with Crippen LogP contribution in [0.2, 0.25) is 20.1 Å². The first-order valence-electron chi connectivity index (χ1n) is 17.5. The van der Waals surface area contributed by atoms with Gasteiger partial charge in [-0.2, -0.15) is 0 Å². The lowest BCUT2D eigenvalue weighted by molar-refractivity contribution is 0.112. The van der Waals surface area contributed by atoms with Gasteiger partial charge in [0.2, 0.25) is 0 Å². The van der Waals surface area contributed by atoms with Crippen LogP contribution in [0.1, 0.15) is 38.7 Å². The predicted octanol–water partition coefficient (Wildman–Crippen LogP) is 12.1. The monoisotopic (exact) mass is 872 g/mol. The van der Waals surface area contributed by atoms with E-state index in [1.165, 1.54) is 36.7 Å². The number of aldehydes is 1. The highest BCUT2D eigenvalue weighted by atomic mass is 35.5. The highest BCUT2D eigenvalue weighted by molar-refractivity contribution is 6.33. The van der Waals surface area contributed by atoms with Crippen molar-refractivity contribution in [2.45, 2.75) is 19.9 Å². The molecular weight excluding hydrogens is 840 g/mol. The quantitative estimate of drug-likeness (QED) is 0.124. The summed E-state index contributed by atoms with van der Waals surface area (Å²) in [7, 11) is 0. The summed E-state index contributed by atoms with van der Waals surface area (Å²) in [5, 5.41) is 26.9. The Hall–Kier alpha value is -6.11. The highest BCUT2D eigenvalue weighted by Gasteiger charge is 2.23. The van der Waals surface area contributed by atoms with Gasteiger partial charge in [-0.1, -0.05) is 88.9 Å². The van der Waals surface area contributed by atoms with Gasteiger partial charge in [0.1, 0.15) is 45.8 Å². The number of rotatable bonds is 5. The number of nitrogens with two attached hydrogens (primary N) is 1. The summed E-state index contributed by atoms with van der Waals surface area (Å²) in [5.41, 5.74) is 9.73. The molecule has 0 amide bonds. The van der Waals surface area contributed by atoms with E-state index in [1.54, 1.807) is 54.9 Å². The molecule has 300 valence electrons. The summed E-state index contributed by atoms with van der Waals surface area (Å²) in [6, 6.07) is 27.2. The second-order valence-electron chi connectivity index (χ2n) is 12.6. The zero-order valence-corrected chi connectivity index (χ0v) is 34.2. The van der Waals surface area contributed by atoms with E-state index in [2.05, 4.69) is 25.3 Å². The number of benzene rings is 4. The number of aryl methyl sites for hydroxylation is 2. The number of anilines is 2. The van der Waals surface area contributed by atoms with Crippen LogP contribution in [0.3, 0.4) is 0 Å². The number of phenolic OH excluding ortho intramolecular Hbond substituents is 2. The van der Waals surface area contributed by atoms with Crippen molar-refractivity contribution >= 4 is 86.1 Å². The Morgan fingerprint density at radius 1 is 0.661 bits per heavy atom. The third kappa shape index (κ3) is 11.7. The smallest absolute Gasteiger partial charge is 0.151 e. The molecule has 9 nitrogen and oxygen atoms in total. The molecule has 0 spiro atoms. The van der Waals surface area contributed by atoms with E-state index in [0.717, 1.165) is 28.0 Å². The number of carbonyl (C=O) groups excluding carboxylic acids is 1. The normalized spacial score (nSPS) is 10.9. The molecule has 5 N–H and O–H groups in total. The Labute approximate surface area is 358 Å². The van der Waals surface area contributed by atoms with Crippen molar-refractivity contribution in [3.8, 4) is 11.5 Å². The number of para-hydroxylation sites is 1. The number of phenols is 2. The van der Waals surface area contributed by atoms with Crippen molar-refractivity contribution in [3.63, 3.8) is 0 Å². The number of carbonyl (C=O) groups is 1. The largest absolute Gasteiger partial charge is 0.506 e. The van der Waals surface area contributed by atoms with Gasteiger partial charge in [0.25, 0.3) is 0 Å². The zero-order valence-electron chi connectivity index (χ0n) is 31.2. The average Bonchev–Trinajstić information content (AvgIpc) is 3.21. The van der Waals surface area contributed by atoms with Crippen molar-refractivity contribution < 1.29 is 23.8 Å². The van der Waals surface area contributed by atoms with E-state index in [4.69, 9.17) is 52.1 Å². The molecule has 4 aromatic carbocycles. The van der Waals surface area contributed by atoms with E-state index < -0.39 is 17.7 Å². The second-order valence-corrected chi connectivity index (χ2v) is 14.3. The fourth-order valence-corrected chi connectivity index (χ4v) is 6.41. The van der Waals surface area contributed by atoms with Crippen molar-refractivity contribution in [1.82, 2.24) is 19.9 Å². The third-order valence-corrected chi connectivity index (χ3v) is 9.54. The van der Waals surface area contributed by atoms with Crippen LogP contribution in [0.15, 0.2) is 128 Å². The van der Waals surface area contributed by atoms with Crippen molar-refractivity contribution in [3.05, 3.63) is 187 Å². The highest BCUT2D eigenvalue weighted by Crippen LogP contribution is 2.39. The number of aromatic hydroxyl groups is 2. The van der Waals surface area contributed by atoms with Crippen LogP contribution in [-0.2, 0) is 0 Å². The average molecular weight is 875 g/mol. The molecule has 0 radical (unpaired) electrons. The van der Waals surface area contributed by atoms with E-state index in [-0.39, 0.29) is 21.5 Å². The van der Waals surface area contributed by atoms with Gasteiger partial charge in [-0.15, -0.1) is 0 Å². The lowest BCUT2D eigenvalue weighted by Crippen LogP contribution is -2.15. The summed E-state index contributed by atoms with van der Waals surface area (Å²) in [6.45, 7) is 3.74. The van der Waals surface area contributed by atoms with Gasteiger partial charge in [-0.3, -0.25) is 14.8 Å². The number of nitrogens with one attached hydrogen (secondary N) is 1. The molecule has 8 aromatic rings. The molecule has 0 saturated heterocycles. The molecule has 8 rings (SSSR count). The first-order chi connectivity index (χ1) is 28.2. The Balaban J connectivity index is 0.000000179. The first-order valence-corrected chi connectivity index (χ1v) is 19.0. The number of halogens is 6. The van der Waals surface area contributed by atoms with Gasteiger partial charge in [0.15, 0.2) is 6.29 Å². The molecule has 4 aromatic heterocycles. The molecule has 0 fully saturated rings. The summed E-state index contributed by atoms with van der Waals surface area (Å²) in [5.74, 6) is 0.494. The van der Waals surface area contributed by atoms with Crippen LogP contribution in [0.5, 0.6) is 11.5 Å². The summed E-state index contributed by atoms with van der Waals surface area (Å²) >= 11 is 23.4. The van der Waals surface area contributed by atoms with Gasteiger partial charge in [-0.05, 0) is 91.2 Å². The Morgan fingerprint density at radius 2 is 1.24 bits per heavy atom. The van der Waals surface area contributed by atoms with Crippen LogP contribution < -0.4 is 11.1 Å². The lowest BCUT2D eigenvalue weighted by Gasteiger charge is -2.23. The lowest BCUT2D eigenvalue weighted by atomic mass is 9.96. The molecule has 59 heavy (non-hydrogen) atoms. The Bertz CT molecular complexity index is 2740. The van der Waals surface area contributed by atoms with Gasteiger partial charge in [0.05, 0.1) is 21.1 Å². The van der Waals surface area contributed by atoms with Gasteiger partial charge >= 0.3 is 0 Å². The number of pyridine rings is 4. The van der Waals surface area contributed by atoms with Crippen LogP contribution >= 0.6 is 46.4 Å². The molecule has 1 unspecified atom stereocenters. The van der Waals surface area contributed by atoms with Crippen molar-refractivity contribution in [2.24, 2.45) is 0 Å². The molecule has 0 aliphatic heterocycles. The maximum atomic E-state index is 13.6. The van der Waals surface area contributed by atoms with E-state index in [0.29, 0.717) is 55.7 Å². The fraction of sp³-hybridized carbons (Fsp3) is 0.0682. The molecule has 15 heteroatoms. The van der Waals surface area contributed by atoms with Gasteiger partial charge in [0, 0.05) is 51.7 Å². The molecule has 0 bridgehead atoms. The number of hydrogen-bond donors (Lipinski definition) is 4. The minimum atomic E-state index is -0.595. The van der Waals surface area contributed by atoms with Crippen molar-refractivity contribution in [1.29, 1.82) is 0 Å². The summed E-state index contributed by atoms with van der Waals surface area (Å²) in [6.07, 6.45) is 6.93. The number of hydrogen-bond acceptors (Lipinski definition) is 9. The van der Waals surface area contributed by atoms with E-state index >= 15 is 0 Å². The molecule has 0 saturated carbocycles. The minimum absolute atomic E-state index is 0.0209. The molecule has 4 heterocycles. The number of nitrogens with zero attached hydrogens (tertiary/aromatic N) is 4. The van der Waals surface area contributed by atoms with Gasteiger partial charge < -0.3 is 21.3 Å². The zero-order chi connectivity index (χ0) is 42.6. The minimum Gasteiger partial charge on any atom is -0.506 e. The SMILES string of the molecule is Cc1cc(Cl)cnc1N.Cc1cc(Cl)cnc1NC(c1ccc(F)cc1Cl)c1ccc2cccnc2c1O.O=Cc1ccc(F)cc1Cl.Oc1cccc2cccnc12. The van der Waals surface area contributed by atoms with Gasteiger partial charge in [-0.25, -0.2) is 18.7 Å². The van der Waals surface area contributed by atoms with Crippen LogP contribution in [-0.4, -0.2) is 36.4 Å². The predicted molar refractivity (Wildman–Crippen MR) is 233 cm³/mol. The fourth-order valence-electron chi connectivity index (χ4n) is 5.50. The van der Waals surface area contributed by atoms with Crippen LogP contribution in [0, 0.1) is 25.5 Å².